The van der Waals surface area contributed by atoms with Crippen LogP contribution in [0, 0.1) is 6.92 Å². The van der Waals surface area contributed by atoms with Gasteiger partial charge in [-0.2, -0.15) is 0 Å². The molecule has 0 fully saturated rings. The Hall–Kier alpha value is -1.02. The summed E-state index contributed by atoms with van der Waals surface area (Å²) in [5.41, 5.74) is 3.43. The first-order valence-electron chi connectivity index (χ1n) is 9.37. The fourth-order valence-corrected chi connectivity index (χ4v) is 3.52. The van der Waals surface area contributed by atoms with E-state index in [1.165, 1.54) is 36.0 Å². The molecule has 1 unspecified atom stereocenters. The van der Waals surface area contributed by atoms with Crippen molar-refractivity contribution >= 4 is 40.3 Å². The highest BCUT2D eigenvalue weighted by Crippen LogP contribution is 2.32. The third-order valence-electron chi connectivity index (χ3n) is 4.43. The summed E-state index contributed by atoms with van der Waals surface area (Å²) in [4.78, 5) is 28.6. The van der Waals surface area contributed by atoms with Crippen LogP contribution in [0.4, 0.5) is 5.69 Å². The summed E-state index contributed by atoms with van der Waals surface area (Å²) >= 11 is 3.68. The predicted octanol–water partition coefficient (Wildman–Crippen LogP) is 4.30. The standard InChI is InChI=1S/C19H28BrN3.H3O4P/c1-5-23(6-2)12-8-9-15(4)22-19-14(3)13-21-17-11-7-10-16(20)18(17)19;1-5(2,3)4/h7,10-11,13,15H,5-6,8-9,12H2,1-4H3,(H,21,22);(H3,1,2,3,4). The zero-order valence-electron chi connectivity index (χ0n) is 16.9. The van der Waals surface area contributed by atoms with E-state index >= 15 is 0 Å². The molecule has 158 valence electrons. The largest absolute Gasteiger partial charge is 0.466 e. The molecule has 0 saturated carbocycles. The molecule has 7 nitrogen and oxygen atoms in total. The van der Waals surface area contributed by atoms with Crippen molar-refractivity contribution in [3.8, 4) is 0 Å². The lowest BCUT2D eigenvalue weighted by molar-refractivity contribution is 0.275. The summed E-state index contributed by atoms with van der Waals surface area (Å²) in [5, 5.41) is 4.90. The van der Waals surface area contributed by atoms with Crippen molar-refractivity contribution in [2.75, 3.05) is 25.0 Å². The molecule has 0 amide bonds. The number of fused-ring (bicyclic) bond motifs is 1. The number of anilines is 1. The number of benzene rings is 1. The van der Waals surface area contributed by atoms with E-state index in [9.17, 15) is 0 Å². The minimum atomic E-state index is -4.64. The molecule has 0 saturated heterocycles. The van der Waals surface area contributed by atoms with Gasteiger partial charge in [0.15, 0.2) is 0 Å². The molecule has 1 heterocycles. The highest BCUT2D eigenvalue weighted by molar-refractivity contribution is 9.10. The van der Waals surface area contributed by atoms with E-state index < -0.39 is 7.82 Å². The Morgan fingerprint density at radius 1 is 1.25 bits per heavy atom. The summed E-state index contributed by atoms with van der Waals surface area (Å²) < 4.78 is 9.98. The van der Waals surface area contributed by atoms with Gasteiger partial charge in [-0.05, 0) is 64.0 Å². The molecule has 1 aromatic heterocycles. The van der Waals surface area contributed by atoms with Crippen LogP contribution in [0.5, 0.6) is 0 Å². The summed E-state index contributed by atoms with van der Waals surface area (Å²) in [5.74, 6) is 0. The highest BCUT2D eigenvalue weighted by atomic mass is 79.9. The number of nitrogens with zero attached hydrogens (tertiary/aromatic N) is 2. The topological polar surface area (TPSA) is 106 Å². The van der Waals surface area contributed by atoms with E-state index in [-0.39, 0.29) is 0 Å². The molecule has 28 heavy (non-hydrogen) atoms. The van der Waals surface area contributed by atoms with Crippen molar-refractivity contribution in [1.29, 1.82) is 0 Å². The van der Waals surface area contributed by atoms with Gasteiger partial charge in [0.25, 0.3) is 0 Å². The molecule has 0 aliphatic rings. The number of aromatic nitrogens is 1. The van der Waals surface area contributed by atoms with Crippen molar-refractivity contribution in [2.45, 2.75) is 46.6 Å². The number of pyridine rings is 1. The van der Waals surface area contributed by atoms with Gasteiger partial charge in [-0.1, -0.05) is 35.8 Å². The van der Waals surface area contributed by atoms with Gasteiger partial charge in [-0.25, -0.2) is 4.57 Å². The molecule has 0 spiro atoms. The van der Waals surface area contributed by atoms with Crippen LogP contribution in [0.2, 0.25) is 0 Å². The van der Waals surface area contributed by atoms with Gasteiger partial charge in [0.1, 0.15) is 0 Å². The lowest BCUT2D eigenvalue weighted by Crippen LogP contribution is -2.25. The lowest BCUT2D eigenvalue weighted by atomic mass is 10.1. The average Bonchev–Trinajstić information content (AvgIpc) is 2.60. The molecule has 0 aliphatic carbocycles. The van der Waals surface area contributed by atoms with Crippen molar-refractivity contribution < 1.29 is 19.2 Å². The Labute approximate surface area is 175 Å². The molecule has 0 bridgehead atoms. The van der Waals surface area contributed by atoms with Crippen LogP contribution < -0.4 is 5.32 Å². The first-order valence-corrected chi connectivity index (χ1v) is 11.7. The first-order chi connectivity index (χ1) is 13.1. The van der Waals surface area contributed by atoms with Crippen LogP contribution in [0.3, 0.4) is 0 Å². The van der Waals surface area contributed by atoms with E-state index in [4.69, 9.17) is 19.2 Å². The van der Waals surface area contributed by atoms with E-state index in [2.05, 4.69) is 71.0 Å². The third kappa shape index (κ3) is 8.99. The van der Waals surface area contributed by atoms with Crippen LogP contribution in [-0.4, -0.2) is 50.2 Å². The Balaban J connectivity index is 0.000000696. The number of hydrogen-bond acceptors (Lipinski definition) is 4. The van der Waals surface area contributed by atoms with Crippen molar-refractivity contribution in [1.82, 2.24) is 9.88 Å². The maximum atomic E-state index is 8.88. The fourth-order valence-electron chi connectivity index (χ4n) is 2.96. The van der Waals surface area contributed by atoms with E-state index in [0.29, 0.717) is 6.04 Å². The second kappa shape index (κ2) is 11.9. The minimum Gasteiger partial charge on any atom is -0.382 e. The maximum absolute atomic E-state index is 8.88. The van der Waals surface area contributed by atoms with Crippen LogP contribution >= 0.6 is 23.8 Å². The predicted molar refractivity (Wildman–Crippen MR) is 119 cm³/mol. The van der Waals surface area contributed by atoms with E-state index in [0.717, 1.165) is 23.1 Å². The number of aryl methyl sites for hydroxylation is 1. The van der Waals surface area contributed by atoms with Gasteiger partial charge >= 0.3 is 7.82 Å². The Kier molecular flexibility index (Phi) is 10.6. The molecule has 1 atom stereocenters. The van der Waals surface area contributed by atoms with Crippen LogP contribution in [-0.2, 0) is 4.57 Å². The molecule has 2 aromatic rings. The SMILES string of the molecule is CCN(CC)CCCC(C)Nc1c(C)cnc2cccc(Br)c12.O=P(O)(O)O. The second-order valence-corrected chi connectivity index (χ2v) is 8.56. The molecule has 1 aromatic carbocycles. The summed E-state index contributed by atoms with van der Waals surface area (Å²) in [6.45, 7) is 12.3. The fraction of sp³-hybridized carbons (Fsp3) is 0.526. The molecule has 2 rings (SSSR count). The number of halogens is 1. The Morgan fingerprint density at radius 3 is 2.43 bits per heavy atom. The molecule has 4 N–H and O–H groups in total. The summed E-state index contributed by atoms with van der Waals surface area (Å²) in [6.07, 6.45) is 4.35. The number of phosphoric acid groups is 1. The van der Waals surface area contributed by atoms with Crippen molar-refractivity contribution in [2.24, 2.45) is 0 Å². The van der Waals surface area contributed by atoms with Crippen LogP contribution in [0.15, 0.2) is 28.9 Å². The van der Waals surface area contributed by atoms with Crippen LogP contribution in [0.1, 0.15) is 39.2 Å². The van der Waals surface area contributed by atoms with E-state index in [1.54, 1.807) is 0 Å². The molecule has 0 radical (unpaired) electrons. The number of rotatable bonds is 8. The summed E-state index contributed by atoms with van der Waals surface area (Å²) in [6, 6.07) is 6.63. The lowest BCUT2D eigenvalue weighted by Gasteiger charge is -2.22. The zero-order valence-corrected chi connectivity index (χ0v) is 19.4. The van der Waals surface area contributed by atoms with Crippen molar-refractivity contribution in [3.63, 3.8) is 0 Å². The molecular formula is C19H31BrN3O4P. The van der Waals surface area contributed by atoms with Gasteiger partial charge in [0, 0.05) is 27.8 Å². The monoisotopic (exact) mass is 475 g/mol. The van der Waals surface area contributed by atoms with Gasteiger partial charge < -0.3 is 24.9 Å². The van der Waals surface area contributed by atoms with Gasteiger partial charge in [-0.3, -0.25) is 4.98 Å². The van der Waals surface area contributed by atoms with Gasteiger partial charge in [-0.15, -0.1) is 0 Å². The molecule has 0 aliphatic heterocycles. The van der Waals surface area contributed by atoms with Crippen molar-refractivity contribution in [3.05, 3.63) is 34.4 Å². The van der Waals surface area contributed by atoms with Gasteiger partial charge in [0.2, 0.25) is 0 Å². The second-order valence-electron chi connectivity index (χ2n) is 6.68. The molecular weight excluding hydrogens is 445 g/mol. The minimum absolute atomic E-state index is 0.446. The normalized spacial score (nSPS) is 12.6. The average molecular weight is 476 g/mol. The van der Waals surface area contributed by atoms with Gasteiger partial charge in [0.05, 0.1) is 5.52 Å². The third-order valence-corrected chi connectivity index (χ3v) is 5.09. The maximum Gasteiger partial charge on any atom is 0.466 e. The Morgan fingerprint density at radius 2 is 1.86 bits per heavy atom. The number of hydrogen-bond donors (Lipinski definition) is 4. The van der Waals surface area contributed by atoms with Crippen LogP contribution in [0.25, 0.3) is 10.9 Å². The number of nitrogens with one attached hydrogen (secondary N) is 1. The zero-order chi connectivity index (χ0) is 21.3. The van der Waals surface area contributed by atoms with E-state index in [1.807, 2.05) is 12.3 Å². The summed E-state index contributed by atoms with van der Waals surface area (Å²) in [7, 11) is -4.64. The molecule has 9 heteroatoms. The smallest absolute Gasteiger partial charge is 0.382 e. The quantitative estimate of drug-likeness (QED) is 0.421. The first kappa shape index (κ1) is 25.0. The Bertz CT molecular complexity index is 788. The highest BCUT2D eigenvalue weighted by Gasteiger charge is 2.12.